The van der Waals surface area contributed by atoms with E-state index in [1.54, 1.807) is 13.1 Å². The van der Waals surface area contributed by atoms with E-state index < -0.39 is 5.97 Å². The number of hydrogen-bond donors (Lipinski definition) is 1. The molecule has 31 heavy (non-hydrogen) atoms. The first kappa shape index (κ1) is 20.7. The molecule has 0 radical (unpaired) electrons. The highest BCUT2D eigenvalue weighted by molar-refractivity contribution is 5.98. The van der Waals surface area contributed by atoms with Gasteiger partial charge >= 0.3 is 12.0 Å². The Morgan fingerprint density at radius 1 is 1.26 bits per heavy atom. The van der Waals surface area contributed by atoms with Crippen LogP contribution in [0, 0.1) is 0 Å². The molecule has 0 atom stereocenters. The smallest absolute Gasteiger partial charge is 0.344 e. The third kappa shape index (κ3) is 5.34. The number of fused-ring (bicyclic) bond motifs is 1. The number of ether oxygens (including phenoxy) is 3. The molecule has 10 heteroatoms. The van der Waals surface area contributed by atoms with Crippen LogP contribution >= 0.6 is 0 Å². The fourth-order valence-electron chi connectivity index (χ4n) is 3.18. The Morgan fingerprint density at radius 3 is 2.94 bits per heavy atom. The van der Waals surface area contributed by atoms with Gasteiger partial charge in [0.2, 0.25) is 5.95 Å². The monoisotopic (exact) mass is 424 g/mol. The van der Waals surface area contributed by atoms with E-state index in [9.17, 15) is 4.79 Å². The highest BCUT2D eigenvalue weighted by atomic mass is 16.6. The number of benzene rings is 1. The number of aliphatic imine (C=N–C) groups is 1. The molecule has 3 heterocycles. The standard InChI is InChI=1S/C21H24N6O4/c1-2-30-19(28)14-31-21-25-18(24-20(26-21)27-7-9-29-10-8-27)13-22-11-15-12-23-17-6-4-3-5-16(15)17/h3-6,11-12,23H,2,7-10,13-14H2,1H3. The molecule has 0 amide bonds. The van der Waals surface area contributed by atoms with Gasteiger partial charge < -0.3 is 24.1 Å². The van der Waals surface area contributed by atoms with Crippen LogP contribution < -0.4 is 9.64 Å². The topological polar surface area (TPSA) is 115 Å². The highest BCUT2D eigenvalue weighted by Gasteiger charge is 2.17. The Morgan fingerprint density at radius 2 is 2.10 bits per heavy atom. The van der Waals surface area contributed by atoms with E-state index in [1.165, 1.54) is 0 Å². The minimum absolute atomic E-state index is 0.0711. The van der Waals surface area contributed by atoms with Crippen molar-refractivity contribution in [2.75, 3.05) is 44.4 Å². The largest absolute Gasteiger partial charge is 0.463 e. The van der Waals surface area contributed by atoms with E-state index in [1.807, 2.05) is 35.4 Å². The molecule has 10 nitrogen and oxygen atoms in total. The number of carbonyl (C=O) groups excluding carboxylic acids is 1. The SMILES string of the molecule is CCOC(=O)COc1nc(CN=Cc2c[nH]c3ccccc23)nc(N2CCOCC2)n1. The van der Waals surface area contributed by atoms with E-state index in [0.717, 1.165) is 16.5 Å². The molecule has 0 bridgehead atoms. The normalized spacial score (nSPS) is 14.3. The fraction of sp³-hybridized carbons (Fsp3) is 0.381. The van der Waals surface area contributed by atoms with E-state index in [0.29, 0.717) is 38.1 Å². The molecular formula is C21H24N6O4. The van der Waals surface area contributed by atoms with Crippen molar-refractivity contribution in [3.05, 3.63) is 41.9 Å². The summed E-state index contributed by atoms with van der Waals surface area (Å²) in [6, 6.07) is 8.09. The number of morpholine rings is 1. The molecule has 162 valence electrons. The Kier molecular flexibility index (Phi) is 6.68. The van der Waals surface area contributed by atoms with Crippen molar-refractivity contribution >= 4 is 29.0 Å². The number of para-hydroxylation sites is 1. The number of nitrogens with one attached hydrogen (secondary N) is 1. The molecule has 1 aliphatic heterocycles. The quantitative estimate of drug-likeness (QED) is 0.430. The summed E-state index contributed by atoms with van der Waals surface area (Å²) in [5.41, 5.74) is 2.03. The van der Waals surface area contributed by atoms with Crippen LogP contribution in [0.3, 0.4) is 0 Å². The van der Waals surface area contributed by atoms with Gasteiger partial charge in [0, 0.05) is 42.0 Å². The lowest BCUT2D eigenvalue weighted by molar-refractivity contribution is -0.145. The summed E-state index contributed by atoms with van der Waals surface area (Å²) in [5.74, 6) is 0.454. The summed E-state index contributed by atoms with van der Waals surface area (Å²) in [6.45, 7) is 4.53. The number of anilines is 1. The van der Waals surface area contributed by atoms with Crippen LogP contribution in [-0.4, -0.2) is 71.6 Å². The lowest BCUT2D eigenvalue weighted by Crippen LogP contribution is -2.37. The van der Waals surface area contributed by atoms with E-state index in [-0.39, 0.29) is 25.8 Å². The molecule has 0 aliphatic carbocycles. The molecule has 2 aromatic heterocycles. The maximum absolute atomic E-state index is 11.6. The van der Waals surface area contributed by atoms with Crippen LogP contribution in [0.5, 0.6) is 6.01 Å². The molecule has 1 aliphatic rings. The van der Waals surface area contributed by atoms with E-state index in [2.05, 4.69) is 24.9 Å². The Bertz CT molecular complexity index is 1060. The van der Waals surface area contributed by atoms with Crippen LogP contribution in [0.15, 0.2) is 35.5 Å². The number of H-pyrrole nitrogens is 1. The van der Waals surface area contributed by atoms with Gasteiger partial charge in [0.05, 0.1) is 26.4 Å². The van der Waals surface area contributed by atoms with Crippen molar-refractivity contribution in [2.45, 2.75) is 13.5 Å². The first-order chi connectivity index (χ1) is 15.2. The van der Waals surface area contributed by atoms with Crippen LogP contribution in [0.1, 0.15) is 18.3 Å². The van der Waals surface area contributed by atoms with Crippen molar-refractivity contribution in [2.24, 2.45) is 4.99 Å². The van der Waals surface area contributed by atoms with Gasteiger partial charge in [-0.3, -0.25) is 4.99 Å². The maximum atomic E-state index is 11.6. The summed E-state index contributed by atoms with van der Waals surface area (Å²) >= 11 is 0. The van der Waals surface area contributed by atoms with Crippen LogP contribution in [0.2, 0.25) is 0 Å². The zero-order valence-corrected chi connectivity index (χ0v) is 17.3. The summed E-state index contributed by atoms with van der Waals surface area (Å²) in [5, 5.41) is 1.09. The molecule has 1 aromatic carbocycles. The van der Waals surface area contributed by atoms with Gasteiger partial charge in [0.25, 0.3) is 0 Å². The first-order valence-electron chi connectivity index (χ1n) is 10.1. The van der Waals surface area contributed by atoms with Gasteiger partial charge in [-0.05, 0) is 13.0 Å². The lowest BCUT2D eigenvalue weighted by Gasteiger charge is -2.26. The molecule has 0 saturated carbocycles. The van der Waals surface area contributed by atoms with Crippen LogP contribution in [-0.2, 0) is 20.8 Å². The zero-order valence-electron chi connectivity index (χ0n) is 17.3. The molecule has 1 fully saturated rings. The van der Waals surface area contributed by atoms with Crippen molar-refractivity contribution in [1.82, 2.24) is 19.9 Å². The van der Waals surface area contributed by atoms with Crippen molar-refractivity contribution < 1.29 is 19.0 Å². The van der Waals surface area contributed by atoms with E-state index >= 15 is 0 Å². The van der Waals surface area contributed by atoms with Gasteiger partial charge in [-0.25, -0.2) is 4.79 Å². The summed E-state index contributed by atoms with van der Waals surface area (Å²) < 4.78 is 15.7. The number of nitrogens with zero attached hydrogens (tertiary/aromatic N) is 5. The molecule has 4 rings (SSSR count). The Hall–Kier alpha value is -3.53. The number of esters is 1. The fourth-order valence-corrected chi connectivity index (χ4v) is 3.18. The van der Waals surface area contributed by atoms with Gasteiger partial charge in [-0.15, -0.1) is 0 Å². The number of hydrogen-bond acceptors (Lipinski definition) is 9. The van der Waals surface area contributed by atoms with Crippen molar-refractivity contribution in [3.63, 3.8) is 0 Å². The number of rotatable bonds is 8. The Labute approximate surface area is 179 Å². The summed E-state index contributed by atoms with van der Waals surface area (Å²) in [4.78, 5) is 34.5. The van der Waals surface area contributed by atoms with Crippen molar-refractivity contribution in [3.8, 4) is 6.01 Å². The van der Waals surface area contributed by atoms with Gasteiger partial charge in [0.1, 0.15) is 0 Å². The average Bonchev–Trinajstić information content (AvgIpc) is 3.22. The lowest BCUT2D eigenvalue weighted by atomic mass is 10.2. The summed E-state index contributed by atoms with van der Waals surface area (Å²) in [7, 11) is 0. The van der Waals surface area contributed by atoms with Gasteiger partial charge in [-0.1, -0.05) is 18.2 Å². The second kappa shape index (κ2) is 9.98. The first-order valence-corrected chi connectivity index (χ1v) is 10.1. The molecule has 1 saturated heterocycles. The highest BCUT2D eigenvalue weighted by Crippen LogP contribution is 2.17. The molecule has 1 N–H and O–H groups in total. The number of aromatic amines is 1. The predicted octanol–water partition coefficient (Wildman–Crippen LogP) is 1.75. The minimum Gasteiger partial charge on any atom is -0.463 e. The predicted molar refractivity (Wildman–Crippen MR) is 115 cm³/mol. The third-order valence-corrected chi connectivity index (χ3v) is 4.65. The minimum atomic E-state index is -0.477. The second-order valence-corrected chi connectivity index (χ2v) is 6.79. The average molecular weight is 424 g/mol. The van der Waals surface area contributed by atoms with E-state index in [4.69, 9.17) is 14.2 Å². The van der Waals surface area contributed by atoms with Gasteiger partial charge in [0.15, 0.2) is 12.4 Å². The molecule has 0 unspecified atom stereocenters. The molecular weight excluding hydrogens is 400 g/mol. The summed E-state index contributed by atoms with van der Waals surface area (Å²) in [6.07, 6.45) is 3.70. The maximum Gasteiger partial charge on any atom is 0.344 e. The second-order valence-electron chi connectivity index (χ2n) is 6.79. The third-order valence-electron chi connectivity index (χ3n) is 4.65. The van der Waals surface area contributed by atoms with Crippen molar-refractivity contribution in [1.29, 1.82) is 0 Å². The molecule has 3 aromatic rings. The van der Waals surface area contributed by atoms with Gasteiger partial charge in [-0.2, -0.15) is 15.0 Å². The van der Waals surface area contributed by atoms with Crippen LogP contribution in [0.4, 0.5) is 5.95 Å². The molecule has 0 spiro atoms. The van der Waals surface area contributed by atoms with Crippen LogP contribution in [0.25, 0.3) is 10.9 Å². The zero-order chi connectivity index (χ0) is 21.5. The Balaban J connectivity index is 1.51. The number of carbonyl (C=O) groups is 1. The number of aromatic nitrogens is 4.